The number of nitrogens with one attached hydrogen (secondary N) is 2. The number of imide groups is 2. The van der Waals surface area contributed by atoms with Crippen LogP contribution < -0.4 is 10.6 Å². The zero-order chi connectivity index (χ0) is 22.9. The van der Waals surface area contributed by atoms with Crippen molar-refractivity contribution in [3.05, 3.63) is 29.3 Å². The summed E-state index contributed by atoms with van der Waals surface area (Å²) >= 11 is 0. The maximum atomic E-state index is 13.0. The Morgan fingerprint density at radius 3 is 2.34 bits per heavy atom. The van der Waals surface area contributed by atoms with Gasteiger partial charge in [0.05, 0.1) is 44.2 Å². The molecule has 0 aliphatic carbocycles. The molecule has 10 nitrogen and oxygen atoms in total. The van der Waals surface area contributed by atoms with Crippen LogP contribution >= 0.6 is 0 Å². The van der Waals surface area contributed by atoms with E-state index in [2.05, 4.69) is 17.6 Å². The fourth-order valence-corrected chi connectivity index (χ4v) is 3.61. The van der Waals surface area contributed by atoms with Gasteiger partial charge in [-0.15, -0.1) is 0 Å². The third kappa shape index (κ3) is 5.70. The fraction of sp³-hybridized carbons (Fsp3) is 0.545. The molecule has 1 atom stereocenters. The Labute approximate surface area is 186 Å². The molecule has 2 aliphatic rings. The number of piperidine rings is 1. The summed E-state index contributed by atoms with van der Waals surface area (Å²) in [5.74, 6) is -2.10. The highest BCUT2D eigenvalue weighted by Gasteiger charge is 2.45. The van der Waals surface area contributed by atoms with Crippen LogP contribution in [0.5, 0.6) is 0 Å². The van der Waals surface area contributed by atoms with E-state index in [1.165, 1.54) is 0 Å². The van der Waals surface area contributed by atoms with Crippen molar-refractivity contribution in [1.29, 1.82) is 0 Å². The van der Waals surface area contributed by atoms with Gasteiger partial charge in [0.15, 0.2) is 0 Å². The second-order valence-electron chi connectivity index (χ2n) is 7.44. The number of nitrogens with zero attached hydrogens (tertiary/aromatic N) is 1. The molecular formula is C22H29N3O7. The molecular weight excluding hydrogens is 418 g/mol. The topological polar surface area (TPSA) is 123 Å². The van der Waals surface area contributed by atoms with Gasteiger partial charge in [-0.05, 0) is 25.0 Å². The van der Waals surface area contributed by atoms with Gasteiger partial charge in [-0.25, -0.2) is 0 Å². The van der Waals surface area contributed by atoms with Gasteiger partial charge in [-0.1, -0.05) is 13.0 Å². The first-order chi connectivity index (χ1) is 15.5. The quantitative estimate of drug-likeness (QED) is 0.339. The Bertz CT molecular complexity index is 858. The molecule has 1 saturated heterocycles. The van der Waals surface area contributed by atoms with Crippen LogP contribution in [0.1, 0.15) is 46.9 Å². The Hall–Kier alpha value is -2.82. The van der Waals surface area contributed by atoms with Crippen molar-refractivity contribution < 1.29 is 33.4 Å². The summed E-state index contributed by atoms with van der Waals surface area (Å²) in [6, 6.07) is 3.96. The van der Waals surface area contributed by atoms with E-state index in [1.54, 1.807) is 18.2 Å². The second-order valence-corrected chi connectivity index (χ2v) is 7.44. The molecule has 32 heavy (non-hydrogen) atoms. The molecule has 2 N–H and O–H groups in total. The molecule has 0 spiro atoms. The largest absolute Gasteiger partial charge is 0.382 e. The first kappa shape index (κ1) is 23.8. The summed E-state index contributed by atoms with van der Waals surface area (Å²) < 4.78 is 16.2. The summed E-state index contributed by atoms with van der Waals surface area (Å²) in [4.78, 5) is 50.3. The lowest BCUT2D eigenvalue weighted by Crippen LogP contribution is -2.54. The molecule has 10 heteroatoms. The van der Waals surface area contributed by atoms with Crippen LogP contribution in [0.25, 0.3) is 0 Å². The molecule has 4 amide bonds. The standard InChI is InChI=1S/C22H29N3O7/c1-2-9-30-11-13-32-14-12-31-10-8-23-16-5-3-4-15-19(16)22(29)25(21(15)28)17-6-7-18(26)24-20(17)27/h3-5,17,23H,2,6-14H2,1H3,(H,24,26,27). The highest BCUT2D eigenvalue weighted by molar-refractivity contribution is 6.25. The number of carbonyl (C=O) groups excluding carboxylic acids is 4. The van der Waals surface area contributed by atoms with Crippen molar-refractivity contribution in [1.82, 2.24) is 10.2 Å². The number of carbonyl (C=O) groups is 4. The highest BCUT2D eigenvalue weighted by atomic mass is 16.5. The lowest BCUT2D eigenvalue weighted by Gasteiger charge is -2.27. The first-order valence-corrected chi connectivity index (χ1v) is 10.9. The summed E-state index contributed by atoms with van der Waals surface area (Å²) in [7, 11) is 0. The van der Waals surface area contributed by atoms with Crippen LogP contribution in [0.2, 0.25) is 0 Å². The summed E-state index contributed by atoms with van der Waals surface area (Å²) in [6.45, 7) is 5.58. The maximum Gasteiger partial charge on any atom is 0.264 e. The first-order valence-electron chi connectivity index (χ1n) is 10.9. The van der Waals surface area contributed by atoms with Gasteiger partial charge in [-0.3, -0.25) is 29.4 Å². The Balaban J connectivity index is 1.47. The van der Waals surface area contributed by atoms with Gasteiger partial charge in [0.25, 0.3) is 11.8 Å². The third-order valence-corrected chi connectivity index (χ3v) is 5.12. The number of benzene rings is 1. The predicted octanol–water partition coefficient (Wildman–Crippen LogP) is 0.960. The van der Waals surface area contributed by atoms with E-state index >= 15 is 0 Å². The Morgan fingerprint density at radius 2 is 1.66 bits per heavy atom. The minimum Gasteiger partial charge on any atom is -0.382 e. The lowest BCUT2D eigenvalue weighted by atomic mass is 10.0. The minimum atomic E-state index is -0.983. The number of amides is 4. The molecule has 1 aromatic carbocycles. The lowest BCUT2D eigenvalue weighted by molar-refractivity contribution is -0.136. The molecule has 0 aromatic heterocycles. The number of hydrogen-bond donors (Lipinski definition) is 2. The number of ether oxygens (including phenoxy) is 3. The summed E-state index contributed by atoms with van der Waals surface area (Å²) in [5.41, 5.74) is 0.977. The van der Waals surface area contributed by atoms with E-state index < -0.39 is 29.7 Å². The molecule has 3 rings (SSSR count). The molecule has 174 valence electrons. The van der Waals surface area contributed by atoms with E-state index in [4.69, 9.17) is 14.2 Å². The number of anilines is 1. The summed E-state index contributed by atoms with van der Waals surface area (Å²) in [6.07, 6.45) is 1.19. The van der Waals surface area contributed by atoms with Crippen LogP contribution in [0, 0.1) is 0 Å². The van der Waals surface area contributed by atoms with Crippen molar-refractivity contribution >= 4 is 29.3 Å². The van der Waals surface area contributed by atoms with Crippen LogP contribution in [0.15, 0.2) is 18.2 Å². The second kappa shape index (κ2) is 11.7. The van der Waals surface area contributed by atoms with Gasteiger partial charge in [0, 0.05) is 25.3 Å². The zero-order valence-electron chi connectivity index (χ0n) is 18.2. The number of fused-ring (bicyclic) bond motifs is 1. The van der Waals surface area contributed by atoms with E-state index in [-0.39, 0.29) is 24.0 Å². The Kier molecular flexibility index (Phi) is 8.72. The zero-order valence-corrected chi connectivity index (χ0v) is 18.2. The van der Waals surface area contributed by atoms with E-state index in [1.807, 2.05) is 0 Å². The molecule has 0 bridgehead atoms. The van der Waals surface area contributed by atoms with Crippen LogP contribution in [0.4, 0.5) is 5.69 Å². The average Bonchev–Trinajstić information content (AvgIpc) is 3.03. The van der Waals surface area contributed by atoms with Gasteiger partial charge >= 0.3 is 0 Å². The van der Waals surface area contributed by atoms with E-state index in [9.17, 15) is 19.2 Å². The number of rotatable bonds is 13. The number of hydrogen-bond acceptors (Lipinski definition) is 8. The summed E-state index contributed by atoms with van der Waals surface area (Å²) in [5, 5.41) is 5.31. The fourth-order valence-electron chi connectivity index (χ4n) is 3.61. The van der Waals surface area contributed by atoms with Crippen molar-refractivity contribution in [3.63, 3.8) is 0 Å². The van der Waals surface area contributed by atoms with Crippen LogP contribution in [0.3, 0.4) is 0 Å². The van der Waals surface area contributed by atoms with Crippen molar-refractivity contribution in [2.75, 3.05) is 51.5 Å². The smallest absolute Gasteiger partial charge is 0.264 e. The highest BCUT2D eigenvalue weighted by Crippen LogP contribution is 2.32. The minimum absolute atomic E-state index is 0.0851. The SMILES string of the molecule is CCCOCCOCCOCCNc1cccc2c1C(=O)N(C1CCC(=O)NC1=O)C2=O. The van der Waals surface area contributed by atoms with Crippen molar-refractivity contribution in [3.8, 4) is 0 Å². The average molecular weight is 447 g/mol. The maximum absolute atomic E-state index is 13.0. The predicted molar refractivity (Wildman–Crippen MR) is 114 cm³/mol. The van der Waals surface area contributed by atoms with Gasteiger partial charge < -0.3 is 19.5 Å². The van der Waals surface area contributed by atoms with Gasteiger partial charge in [-0.2, -0.15) is 0 Å². The molecule has 1 fully saturated rings. The van der Waals surface area contributed by atoms with Gasteiger partial charge in [0.1, 0.15) is 6.04 Å². The van der Waals surface area contributed by atoms with Gasteiger partial charge in [0.2, 0.25) is 11.8 Å². The normalized spacial score (nSPS) is 18.2. The molecule has 1 unspecified atom stereocenters. The van der Waals surface area contributed by atoms with E-state index in [0.717, 1.165) is 17.9 Å². The van der Waals surface area contributed by atoms with E-state index in [0.29, 0.717) is 45.3 Å². The van der Waals surface area contributed by atoms with Crippen molar-refractivity contribution in [2.45, 2.75) is 32.2 Å². The molecule has 1 aromatic rings. The monoisotopic (exact) mass is 447 g/mol. The molecule has 2 aliphatic heterocycles. The molecule has 2 heterocycles. The molecule has 0 radical (unpaired) electrons. The third-order valence-electron chi connectivity index (χ3n) is 5.12. The van der Waals surface area contributed by atoms with Crippen LogP contribution in [-0.4, -0.2) is 80.8 Å². The Morgan fingerprint density at radius 1 is 0.969 bits per heavy atom. The van der Waals surface area contributed by atoms with Crippen molar-refractivity contribution in [2.24, 2.45) is 0 Å². The van der Waals surface area contributed by atoms with Crippen LogP contribution in [-0.2, 0) is 23.8 Å². The molecule has 0 saturated carbocycles.